The van der Waals surface area contributed by atoms with Crippen LogP contribution in [0.25, 0.3) is 6.08 Å². The summed E-state index contributed by atoms with van der Waals surface area (Å²) in [4.78, 5) is 18.0. The van der Waals surface area contributed by atoms with Crippen molar-refractivity contribution in [3.8, 4) is 0 Å². The molecule has 118 valence electrons. The second-order valence-corrected chi connectivity index (χ2v) is 5.85. The van der Waals surface area contributed by atoms with Crippen LogP contribution >= 0.6 is 0 Å². The van der Waals surface area contributed by atoms with Crippen LogP contribution in [0.15, 0.2) is 34.1 Å². The van der Waals surface area contributed by atoms with Crippen molar-refractivity contribution in [3.63, 3.8) is 0 Å². The molecule has 0 radical (unpaired) electrons. The fraction of sp³-hybridized carbons (Fsp3) is 0.375. The van der Waals surface area contributed by atoms with E-state index in [0.717, 1.165) is 47.2 Å². The van der Waals surface area contributed by atoms with Gasteiger partial charge in [0.05, 0.1) is 32.4 Å². The summed E-state index contributed by atoms with van der Waals surface area (Å²) in [6.07, 6.45) is 3.98. The molecular weight excluding hydrogens is 290 g/mol. The quantitative estimate of drug-likeness (QED) is 0.660. The normalized spacial score (nSPS) is 17.8. The summed E-state index contributed by atoms with van der Waals surface area (Å²) in [7, 11) is 8.18. The van der Waals surface area contributed by atoms with Gasteiger partial charge in [0.1, 0.15) is 12.4 Å². The summed E-state index contributed by atoms with van der Waals surface area (Å²) in [6, 6.07) is 4.05. The van der Waals surface area contributed by atoms with Crippen LogP contribution in [0.5, 0.6) is 0 Å². The third-order valence-electron chi connectivity index (χ3n) is 4.54. The van der Waals surface area contributed by atoms with E-state index < -0.39 is 0 Å². The first-order chi connectivity index (χ1) is 11.1. The zero-order valence-corrected chi connectivity index (χ0v) is 13.9. The average Bonchev–Trinajstić information content (AvgIpc) is 2.97. The van der Waals surface area contributed by atoms with E-state index in [1.165, 1.54) is 0 Å². The van der Waals surface area contributed by atoms with Crippen LogP contribution < -0.4 is 25.3 Å². The van der Waals surface area contributed by atoms with E-state index in [-0.39, 0.29) is 0 Å². The Kier molecular flexibility index (Phi) is 2.97. The smallest absolute Gasteiger partial charge is 0.316 e. The second-order valence-electron chi connectivity index (χ2n) is 5.85. The van der Waals surface area contributed by atoms with Crippen LogP contribution in [0.4, 0.5) is 11.5 Å². The molecule has 4 heterocycles. The SMILES string of the molecule is CN1/C(=C/c2n(C)c3c([n+]2C)=NCCN=3)N(C)c2ncccc21. The molecule has 2 aliphatic rings. The minimum Gasteiger partial charge on any atom is -0.328 e. The molecule has 0 atom stereocenters. The molecule has 0 fully saturated rings. The number of rotatable bonds is 1. The summed E-state index contributed by atoms with van der Waals surface area (Å²) >= 11 is 0. The van der Waals surface area contributed by atoms with Gasteiger partial charge in [0.15, 0.2) is 5.82 Å². The maximum absolute atomic E-state index is 4.61. The van der Waals surface area contributed by atoms with Gasteiger partial charge < -0.3 is 9.80 Å². The highest BCUT2D eigenvalue weighted by Gasteiger charge is 2.29. The van der Waals surface area contributed by atoms with Gasteiger partial charge in [-0.3, -0.25) is 0 Å². The lowest BCUT2D eigenvalue weighted by atomic mass is 10.4. The van der Waals surface area contributed by atoms with Crippen LogP contribution in [-0.4, -0.2) is 36.7 Å². The van der Waals surface area contributed by atoms with Crippen LogP contribution in [0.2, 0.25) is 0 Å². The van der Waals surface area contributed by atoms with Crippen molar-refractivity contribution in [1.82, 2.24) is 9.55 Å². The number of hydrogen-bond donors (Lipinski definition) is 0. The van der Waals surface area contributed by atoms with Crippen molar-refractivity contribution in [2.75, 3.05) is 37.0 Å². The average molecular weight is 310 g/mol. The molecule has 7 nitrogen and oxygen atoms in total. The molecule has 2 aromatic rings. The van der Waals surface area contributed by atoms with Crippen LogP contribution in [0, 0.1) is 0 Å². The van der Waals surface area contributed by atoms with Crippen molar-refractivity contribution >= 4 is 17.6 Å². The minimum atomic E-state index is 0.760. The third-order valence-corrected chi connectivity index (χ3v) is 4.54. The van der Waals surface area contributed by atoms with E-state index in [2.05, 4.69) is 53.1 Å². The molecule has 0 saturated carbocycles. The van der Waals surface area contributed by atoms with E-state index in [0.29, 0.717) is 0 Å². The highest BCUT2D eigenvalue weighted by molar-refractivity contribution is 5.81. The topological polar surface area (TPSA) is 52.9 Å². The van der Waals surface area contributed by atoms with Gasteiger partial charge in [-0.15, -0.1) is 4.99 Å². The molecule has 7 heteroatoms. The van der Waals surface area contributed by atoms with Gasteiger partial charge in [0, 0.05) is 20.3 Å². The molecule has 0 amide bonds. The lowest BCUT2D eigenvalue weighted by molar-refractivity contribution is -0.689. The molecule has 0 spiro atoms. The molecule has 23 heavy (non-hydrogen) atoms. The van der Waals surface area contributed by atoms with E-state index in [1.54, 1.807) is 0 Å². The van der Waals surface area contributed by atoms with Gasteiger partial charge in [-0.25, -0.2) is 19.1 Å². The number of aromatic nitrogens is 3. The molecular formula is C16H20N7+. The zero-order chi connectivity index (χ0) is 16.1. The Morgan fingerprint density at radius 1 is 1.13 bits per heavy atom. The highest BCUT2D eigenvalue weighted by atomic mass is 15.4. The summed E-state index contributed by atoms with van der Waals surface area (Å²) in [6.45, 7) is 1.52. The van der Waals surface area contributed by atoms with E-state index in [1.807, 2.05) is 33.4 Å². The van der Waals surface area contributed by atoms with E-state index in [4.69, 9.17) is 0 Å². The Labute approximate surface area is 134 Å². The number of nitrogens with zero attached hydrogens (tertiary/aromatic N) is 7. The molecule has 0 saturated heterocycles. The predicted molar refractivity (Wildman–Crippen MR) is 87.7 cm³/mol. The fourth-order valence-corrected chi connectivity index (χ4v) is 3.28. The van der Waals surface area contributed by atoms with Gasteiger partial charge in [-0.05, 0) is 12.1 Å². The first kappa shape index (κ1) is 13.9. The van der Waals surface area contributed by atoms with Gasteiger partial charge in [0.2, 0.25) is 5.82 Å². The minimum absolute atomic E-state index is 0.760. The van der Waals surface area contributed by atoms with Crippen LogP contribution in [0.1, 0.15) is 5.82 Å². The van der Waals surface area contributed by atoms with Crippen molar-refractivity contribution in [1.29, 1.82) is 0 Å². The lowest BCUT2D eigenvalue weighted by Gasteiger charge is -2.17. The van der Waals surface area contributed by atoms with Crippen molar-refractivity contribution < 1.29 is 4.57 Å². The Balaban J connectivity index is 1.89. The summed E-state index contributed by atoms with van der Waals surface area (Å²) < 4.78 is 4.20. The Hall–Kier alpha value is -2.70. The van der Waals surface area contributed by atoms with Crippen LogP contribution in [-0.2, 0) is 14.1 Å². The predicted octanol–water partition coefficient (Wildman–Crippen LogP) is -0.618. The van der Waals surface area contributed by atoms with Crippen molar-refractivity contribution in [2.24, 2.45) is 24.1 Å². The number of pyridine rings is 1. The first-order valence-corrected chi connectivity index (χ1v) is 7.67. The highest BCUT2D eigenvalue weighted by Crippen LogP contribution is 2.37. The van der Waals surface area contributed by atoms with Crippen molar-refractivity contribution in [3.05, 3.63) is 41.0 Å². The third kappa shape index (κ3) is 1.89. The number of imidazole rings is 1. The lowest BCUT2D eigenvalue weighted by Crippen LogP contribution is -2.52. The van der Waals surface area contributed by atoms with Gasteiger partial charge >= 0.3 is 5.49 Å². The molecule has 0 N–H and O–H groups in total. The largest absolute Gasteiger partial charge is 0.328 e. The Morgan fingerprint density at radius 3 is 2.65 bits per heavy atom. The Bertz CT molecular complexity index is 868. The standard InChI is InChI=1S/C16H20N7/c1-20-11-6-5-7-17-14(11)21(2)12(20)10-13-22(3)15-16(23(13)4)19-9-8-18-15/h5-7,10H,8-9H2,1-4H3/q+1. The number of fused-ring (bicyclic) bond motifs is 2. The second kappa shape index (κ2) is 4.91. The van der Waals surface area contributed by atoms with Crippen LogP contribution in [0.3, 0.4) is 0 Å². The molecule has 2 aromatic heterocycles. The van der Waals surface area contributed by atoms with E-state index >= 15 is 0 Å². The van der Waals surface area contributed by atoms with Gasteiger partial charge in [0.25, 0.3) is 5.49 Å². The summed E-state index contributed by atoms with van der Waals surface area (Å²) in [5.74, 6) is 3.11. The molecule has 0 unspecified atom stereocenters. The van der Waals surface area contributed by atoms with E-state index in [9.17, 15) is 0 Å². The van der Waals surface area contributed by atoms with Gasteiger partial charge in [-0.2, -0.15) is 0 Å². The summed E-state index contributed by atoms with van der Waals surface area (Å²) in [5.41, 5.74) is 3.01. The fourth-order valence-electron chi connectivity index (χ4n) is 3.28. The monoisotopic (exact) mass is 310 g/mol. The summed E-state index contributed by atoms with van der Waals surface area (Å²) in [5, 5.41) is 0. The zero-order valence-electron chi connectivity index (χ0n) is 13.9. The van der Waals surface area contributed by atoms with Crippen molar-refractivity contribution in [2.45, 2.75) is 0 Å². The van der Waals surface area contributed by atoms with Gasteiger partial charge in [-0.1, -0.05) is 0 Å². The maximum atomic E-state index is 4.61. The number of hydrogen-bond acceptors (Lipinski definition) is 5. The first-order valence-electron chi connectivity index (χ1n) is 7.67. The Morgan fingerprint density at radius 2 is 1.91 bits per heavy atom. The maximum Gasteiger partial charge on any atom is 0.316 e. The molecule has 0 bridgehead atoms. The molecule has 0 aromatic carbocycles. The molecule has 4 rings (SSSR count). The molecule has 2 aliphatic heterocycles. The number of anilines is 2. The molecule has 0 aliphatic carbocycles.